The van der Waals surface area contributed by atoms with Gasteiger partial charge < -0.3 is 11.1 Å². The van der Waals surface area contributed by atoms with Gasteiger partial charge in [-0.1, -0.05) is 47.5 Å². The van der Waals surface area contributed by atoms with E-state index in [2.05, 4.69) is 39.9 Å². The van der Waals surface area contributed by atoms with Crippen molar-refractivity contribution in [1.29, 1.82) is 0 Å². The van der Waals surface area contributed by atoms with Crippen LogP contribution in [0.1, 0.15) is 60.3 Å². The fourth-order valence-corrected chi connectivity index (χ4v) is 2.49. The van der Waals surface area contributed by atoms with Gasteiger partial charge in [0.15, 0.2) is 0 Å². The number of carbonyl (C=O) groups is 1. The molecule has 0 aliphatic heterocycles. The molecule has 0 spiro atoms. The summed E-state index contributed by atoms with van der Waals surface area (Å²) in [5.41, 5.74) is 5.77. The fraction of sp³-hybridized carbons (Fsp3) is 0.933. The Balaban J connectivity index is 2.55. The van der Waals surface area contributed by atoms with Crippen LogP contribution in [0.25, 0.3) is 0 Å². The molecule has 2 atom stereocenters. The first-order valence-electron chi connectivity index (χ1n) is 7.24. The van der Waals surface area contributed by atoms with Gasteiger partial charge in [0.25, 0.3) is 0 Å². The van der Waals surface area contributed by atoms with Crippen LogP contribution in [0.2, 0.25) is 0 Å². The number of nitrogens with two attached hydrogens (primary N) is 1. The molecule has 3 heteroatoms. The lowest BCUT2D eigenvalue weighted by atomic mass is 9.76. The van der Waals surface area contributed by atoms with Crippen LogP contribution in [0.15, 0.2) is 0 Å². The largest absolute Gasteiger partial charge is 0.354 e. The Morgan fingerprint density at radius 3 is 2.61 bits per heavy atom. The quantitative estimate of drug-likeness (QED) is 0.810. The lowest BCUT2D eigenvalue weighted by Gasteiger charge is -2.37. The molecule has 18 heavy (non-hydrogen) atoms. The average Bonchev–Trinajstić information content (AvgIpc) is 2.25. The third-order valence-corrected chi connectivity index (χ3v) is 4.75. The molecule has 1 aliphatic rings. The maximum absolute atomic E-state index is 12.3. The molecular weight excluding hydrogens is 224 g/mol. The minimum atomic E-state index is -0.634. The molecule has 0 bridgehead atoms. The summed E-state index contributed by atoms with van der Waals surface area (Å²) in [6.45, 7) is 11.6. The molecule has 0 radical (unpaired) electrons. The molecule has 0 saturated heterocycles. The van der Waals surface area contributed by atoms with Gasteiger partial charge >= 0.3 is 0 Å². The number of hydrogen-bond acceptors (Lipinski definition) is 2. The highest BCUT2D eigenvalue weighted by molar-refractivity contribution is 5.86. The minimum absolute atomic E-state index is 0.0442. The van der Waals surface area contributed by atoms with Gasteiger partial charge in [-0.05, 0) is 30.1 Å². The van der Waals surface area contributed by atoms with Gasteiger partial charge in [-0.15, -0.1) is 0 Å². The molecule has 1 aliphatic carbocycles. The molecule has 3 nitrogen and oxygen atoms in total. The average molecular weight is 254 g/mol. The van der Waals surface area contributed by atoms with E-state index in [1.54, 1.807) is 0 Å². The summed E-state index contributed by atoms with van der Waals surface area (Å²) in [4.78, 5) is 12.3. The zero-order chi connectivity index (χ0) is 14.0. The van der Waals surface area contributed by atoms with Crippen molar-refractivity contribution < 1.29 is 4.79 Å². The third kappa shape index (κ3) is 3.71. The summed E-state index contributed by atoms with van der Waals surface area (Å²) in [6.07, 6.45) is 3.91. The number of carbonyl (C=O) groups excluding carboxylic acids is 1. The first kappa shape index (κ1) is 15.5. The first-order chi connectivity index (χ1) is 8.17. The zero-order valence-electron chi connectivity index (χ0n) is 12.7. The Hall–Kier alpha value is -0.570. The minimum Gasteiger partial charge on any atom is -0.354 e. The second-order valence-electron chi connectivity index (χ2n) is 7.18. The van der Waals surface area contributed by atoms with Gasteiger partial charge in [-0.25, -0.2) is 0 Å². The summed E-state index contributed by atoms with van der Waals surface area (Å²) in [6, 6.07) is 0. The van der Waals surface area contributed by atoms with Crippen molar-refractivity contribution in [3.05, 3.63) is 0 Å². The van der Waals surface area contributed by atoms with Crippen LogP contribution in [-0.4, -0.2) is 18.0 Å². The standard InChI is InChI=1S/C15H30N2O/c1-11(2)14(4,5)10-17-13(18)15(16)8-6-7-12(3)9-15/h11-12H,6-10,16H2,1-5H3,(H,17,18). The van der Waals surface area contributed by atoms with Crippen molar-refractivity contribution in [1.82, 2.24) is 5.32 Å². The maximum atomic E-state index is 12.3. The molecule has 0 aromatic carbocycles. The van der Waals surface area contributed by atoms with Crippen LogP contribution in [0.4, 0.5) is 0 Å². The van der Waals surface area contributed by atoms with Crippen molar-refractivity contribution in [3.63, 3.8) is 0 Å². The predicted octanol–water partition coefficient (Wildman–Crippen LogP) is 2.69. The van der Waals surface area contributed by atoms with E-state index in [0.29, 0.717) is 18.4 Å². The van der Waals surface area contributed by atoms with E-state index in [-0.39, 0.29) is 11.3 Å². The van der Waals surface area contributed by atoms with Crippen LogP contribution in [0.3, 0.4) is 0 Å². The van der Waals surface area contributed by atoms with Gasteiger partial charge in [0.1, 0.15) is 0 Å². The van der Waals surface area contributed by atoms with Crippen molar-refractivity contribution in [3.8, 4) is 0 Å². The van der Waals surface area contributed by atoms with Crippen molar-refractivity contribution in [2.75, 3.05) is 6.54 Å². The van der Waals surface area contributed by atoms with Crippen LogP contribution in [0, 0.1) is 17.3 Å². The second kappa shape index (κ2) is 5.60. The maximum Gasteiger partial charge on any atom is 0.240 e. The van der Waals surface area contributed by atoms with E-state index in [4.69, 9.17) is 5.73 Å². The number of rotatable bonds is 4. The lowest BCUT2D eigenvalue weighted by Crippen LogP contribution is -2.57. The van der Waals surface area contributed by atoms with Gasteiger partial charge in [-0.2, -0.15) is 0 Å². The fourth-order valence-electron chi connectivity index (χ4n) is 2.49. The van der Waals surface area contributed by atoms with Crippen LogP contribution in [0.5, 0.6) is 0 Å². The topological polar surface area (TPSA) is 55.1 Å². The Labute approximate surface area is 112 Å². The molecule has 3 N–H and O–H groups in total. The summed E-state index contributed by atoms with van der Waals surface area (Å²) >= 11 is 0. The molecular formula is C15H30N2O. The molecule has 106 valence electrons. The van der Waals surface area contributed by atoms with Crippen LogP contribution >= 0.6 is 0 Å². The molecule has 1 fully saturated rings. The summed E-state index contributed by atoms with van der Waals surface area (Å²) in [5.74, 6) is 1.15. The van der Waals surface area contributed by atoms with E-state index >= 15 is 0 Å². The van der Waals surface area contributed by atoms with Gasteiger partial charge in [-0.3, -0.25) is 4.79 Å². The first-order valence-corrected chi connectivity index (χ1v) is 7.24. The molecule has 1 rings (SSSR count). The number of nitrogens with one attached hydrogen (secondary N) is 1. The van der Waals surface area contributed by atoms with E-state index < -0.39 is 5.54 Å². The van der Waals surface area contributed by atoms with Crippen molar-refractivity contribution in [2.45, 2.75) is 65.8 Å². The Bertz CT molecular complexity index is 299. The normalized spacial score (nSPS) is 29.4. The second-order valence-corrected chi connectivity index (χ2v) is 7.18. The smallest absolute Gasteiger partial charge is 0.240 e. The lowest BCUT2D eigenvalue weighted by molar-refractivity contribution is -0.128. The van der Waals surface area contributed by atoms with E-state index in [0.717, 1.165) is 19.3 Å². The van der Waals surface area contributed by atoms with Gasteiger partial charge in [0, 0.05) is 6.54 Å². The molecule has 0 aromatic heterocycles. The summed E-state index contributed by atoms with van der Waals surface area (Å²) in [5, 5.41) is 3.07. The predicted molar refractivity (Wildman–Crippen MR) is 76.2 cm³/mol. The molecule has 1 amide bonds. The number of amides is 1. The van der Waals surface area contributed by atoms with Crippen molar-refractivity contribution in [2.24, 2.45) is 23.0 Å². The molecule has 0 heterocycles. The summed E-state index contributed by atoms with van der Waals surface area (Å²) in [7, 11) is 0. The van der Waals surface area contributed by atoms with Crippen LogP contribution < -0.4 is 11.1 Å². The van der Waals surface area contributed by atoms with Crippen molar-refractivity contribution >= 4 is 5.91 Å². The molecule has 1 saturated carbocycles. The van der Waals surface area contributed by atoms with Gasteiger partial charge in [0.2, 0.25) is 5.91 Å². The van der Waals surface area contributed by atoms with Crippen LogP contribution in [-0.2, 0) is 4.79 Å². The Morgan fingerprint density at radius 1 is 1.50 bits per heavy atom. The van der Waals surface area contributed by atoms with E-state index in [1.165, 1.54) is 6.42 Å². The molecule has 0 aromatic rings. The monoisotopic (exact) mass is 254 g/mol. The Kier molecular flexibility index (Phi) is 4.82. The Morgan fingerprint density at radius 2 is 2.11 bits per heavy atom. The highest BCUT2D eigenvalue weighted by atomic mass is 16.2. The van der Waals surface area contributed by atoms with Gasteiger partial charge in [0.05, 0.1) is 5.54 Å². The molecule has 2 unspecified atom stereocenters. The zero-order valence-corrected chi connectivity index (χ0v) is 12.7. The highest BCUT2D eigenvalue weighted by Gasteiger charge is 2.38. The number of hydrogen-bond donors (Lipinski definition) is 2. The van der Waals surface area contributed by atoms with E-state index in [1.807, 2.05) is 0 Å². The summed E-state index contributed by atoms with van der Waals surface area (Å²) < 4.78 is 0. The highest BCUT2D eigenvalue weighted by Crippen LogP contribution is 2.31. The van der Waals surface area contributed by atoms with E-state index in [9.17, 15) is 4.79 Å². The third-order valence-electron chi connectivity index (χ3n) is 4.75. The SMILES string of the molecule is CC1CCCC(N)(C(=O)NCC(C)(C)C(C)C)C1.